The maximum atomic E-state index is 12.0. The molecule has 0 bridgehead atoms. The summed E-state index contributed by atoms with van der Waals surface area (Å²) in [4.78, 5) is 26.4. The number of pyridine rings is 1. The van der Waals surface area contributed by atoms with E-state index in [4.69, 9.17) is 0 Å². The summed E-state index contributed by atoms with van der Waals surface area (Å²) in [5, 5.41) is 3.91. The number of carbonyl (C=O) groups is 1. The molecule has 3 rings (SSSR count). The summed E-state index contributed by atoms with van der Waals surface area (Å²) in [6.07, 6.45) is 2.57. The highest BCUT2D eigenvalue weighted by Gasteiger charge is 2.29. The number of benzene rings is 1. The Labute approximate surface area is 117 Å². The van der Waals surface area contributed by atoms with Gasteiger partial charge in [0.1, 0.15) is 0 Å². The van der Waals surface area contributed by atoms with Crippen molar-refractivity contribution < 1.29 is 4.79 Å². The zero-order valence-corrected chi connectivity index (χ0v) is 11.5. The van der Waals surface area contributed by atoms with E-state index in [9.17, 15) is 9.59 Å². The molecule has 1 aliphatic carbocycles. The minimum atomic E-state index is -0.0660. The fourth-order valence-electron chi connectivity index (χ4n) is 2.36. The van der Waals surface area contributed by atoms with Gasteiger partial charge in [0.15, 0.2) is 0 Å². The van der Waals surface area contributed by atoms with Gasteiger partial charge in [-0.1, -0.05) is 12.1 Å². The van der Waals surface area contributed by atoms with Crippen LogP contribution in [0.4, 0.5) is 0 Å². The molecule has 1 saturated carbocycles. The molecule has 20 heavy (non-hydrogen) atoms. The number of aryl methyl sites for hydroxylation is 1. The average Bonchev–Trinajstić information content (AvgIpc) is 3.23. The van der Waals surface area contributed by atoms with Crippen molar-refractivity contribution in [3.63, 3.8) is 0 Å². The number of aromatic nitrogens is 1. The molecular weight excluding hydrogens is 252 g/mol. The smallest absolute Gasteiger partial charge is 0.251 e. The van der Waals surface area contributed by atoms with Gasteiger partial charge in [0, 0.05) is 23.5 Å². The van der Waals surface area contributed by atoms with Crippen molar-refractivity contribution in [2.45, 2.75) is 26.2 Å². The topological polar surface area (TPSA) is 62.0 Å². The van der Waals surface area contributed by atoms with Crippen molar-refractivity contribution in [2.24, 2.45) is 5.92 Å². The van der Waals surface area contributed by atoms with E-state index in [2.05, 4.69) is 10.3 Å². The lowest BCUT2D eigenvalue weighted by Crippen LogP contribution is -2.28. The Kier molecular flexibility index (Phi) is 3.30. The van der Waals surface area contributed by atoms with E-state index < -0.39 is 0 Å². The van der Waals surface area contributed by atoms with Gasteiger partial charge in [0.05, 0.1) is 0 Å². The Bertz CT molecular complexity index is 714. The van der Waals surface area contributed by atoms with Gasteiger partial charge >= 0.3 is 0 Å². The first-order chi connectivity index (χ1) is 9.63. The monoisotopic (exact) mass is 270 g/mol. The number of fused-ring (bicyclic) bond motifs is 1. The molecule has 104 valence electrons. The van der Waals surface area contributed by atoms with Crippen LogP contribution < -0.4 is 10.9 Å². The lowest BCUT2D eigenvalue weighted by Gasteiger charge is -2.06. The molecule has 0 unspecified atom stereocenters. The summed E-state index contributed by atoms with van der Waals surface area (Å²) in [5.74, 6) is 0.339. The van der Waals surface area contributed by atoms with Crippen molar-refractivity contribution >= 4 is 16.8 Å². The third-order valence-electron chi connectivity index (χ3n) is 3.72. The summed E-state index contributed by atoms with van der Waals surface area (Å²) in [7, 11) is 0. The molecule has 0 saturated heterocycles. The van der Waals surface area contributed by atoms with Crippen molar-refractivity contribution in [1.29, 1.82) is 0 Å². The first kappa shape index (κ1) is 12.9. The van der Waals surface area contributed by atoms with Gasteiger partial charge in [-0.15, -0.1) is 0 Å². The second-order valence-electron chi connectivity index (χ2n) is 5.53. The maximum absolute atomic E-state index is 12.0. The molecule has 1 aromatic carbocycles. The predicted molar refractivity (Wildman–Crippen MR) is 78.7 cm³/mol. The first-order valence-corrected chi connectivity index (χ1v) is 7.04. The zero-order chi connectivity index (χ0) is 14.1. The number of rotatable bonds is 4. The van der Waals surface area contributed by atoms with E-state index >= 15 is 0 Å². The number of H-pyrrole nitrogens is 1. The molecule has 4 nitrogen and oxygen atoms in total. The Hall–Kier alpha value is -2.10. The molecule has 0 radical (unpaired) electrons. The van der Waals surface area contributed by atoms with E-state index in [-0.39, 0.29) is 17.4 Å². The van der Waals surface area contributed by atoms with Crippen LogP contribution in [-0.4, -0.2) is 17.4 Å². The fourth-order valence-corrected chi connectivity index (χ4v) is 2.36. The molecule has 0 spiro atoms. The number of amides is 1. The number of aromatic amines is 1. The quantitative estimate of drug-likeness (QED) is 0.891. The van der Waals surface area contributed by atoms with E-state index in [0.717, 1.165) is 34.9 Å². The van der Waals surface area contributed by atoms with Gasteiger partial charge in [0.25, 0.3) is 5.56 Å². The van der Waals surface area contributed by atoms with E-state index in [1.54, 1.807) is 0 Å². The molecule has 2 N–H and O–H groups in total. The summed E-state index contributed by atoms with van der Waals surface area (Å²) in [6.45, 7) is 2.52. The normalized spacial score (nSPS) is 14.4. The van der Waals surface area contributed by atoms with E-state index in [1.807, 2.05) is 31.2 Å². The van der Waals surface area contributed by atoms with Crippen molar-refractivity contribution in [3.05, 3.63) is 45.7 Å². The molecule has 2 aromatic rings. The Morgan fingerprint density at radius 3 is 2.90 bits per heavy atom. The molecule has 1 amide bonds. The summed E-state index contributed by atoms with van der Waals surface area (Å²) < 4.78 is 0. The molecule has 4 heteroatoms. The van der Waals surface area contributed by atoms with Crippen LogP contribution >= 0.6 is 0 Å². The van der Waals surface area contributed by atoms with Gasteiger partial charge in [0.2, 0.25) is 5.91 Å². The van der Waals surface area contributed by atoms with Crippen molar-refractivity contribution in [2.75, 3.05) is 6.54 Å². The van der Waals surface area contributed by atoms with Crippen molar-refractivity contribution in [1.82, 2.24) is 10.3 Å². The molecule has 1 fully saturated rings. The van der Waals surface area contributed by atoms with Crippen LogP contribution in [0.25, 0.3) is 10.9 Å². The third kappa shape index (κ3) is 2.74. The van der Waals surface area contributed by atoms with Gasteiger partial charge in [-0.05, 0) is 49.3 Å². The second kappa shape index (κ2) is 5.12. The highest BCUT2D eigenvalue weighted by Crippen LogP contribution is 2.28. The predicted octanol–water partition coefficient (Wildman–Crippen LogP) is 1.91. The van der Waals surface area contributed by atoms with Gasteiger partial charge < -0.3 is 10.3 Å². The average molecular weight is 270 g/mol. The highest BCUT2D eigenvalue weighted by molar-refractivity contribution is 5.81. The number of nitrogens with one attached hydrogen (secondary N) is 2. The van der Waals surface area contributed by atoms with Crippen LogP contribution in [-0.2, 0) is 11.2 Å². The Morgan fingerprint density at radius 2 is 2.15 bits per heavy atom. The molecule has 0 aliphatic heterocycles. The lowest BCUT2D eigenvalue weighted by molar-refractivity contribution is -0.122. The molecule has 1 aliphatic rings. The summed E-state index contributed by atoms with van der Waals surface area (Å²) in [6, 6.07) is 7.92. The van der Waals surface area contributed by atoms with Crippen LogP contribution in [0.5, 0.6) is 0 Å². The molecule has 1 heterocycles. The van der Waals surface area contributed by atoms with Crippen LogP contribution in [0.2, 0.25) is 0 Å². The van der Waals surface area contributed by atoms with Gasteiger partial charge in [-0.2, -0.15) is 0 Å². The highest BCUT2D eigenvalue weighted by atomic mass is 16.2. The summed E-state index contributed by atoms with van der Waals surface area (Å²) in [5.41, 5.74) is 2.64. The Morgan fingerprint density at radius 1 is 1.35 bits per heavy atom. The van der Waals surface area contributed by atoms with E-state index in [1.165, 1.54) is 0 Å². The minimum absolute atomic E-state index is 0.0660. The van der Waals surface area contributed by atoms with Crippen LogP contribution in [0.1, 0.15) is 24.0 Å². The summed E-state index contributed by atoms with van der Waals surface area (Å²) >= 11 is 0. The largest absolute Gasteiger partial charge is 0.356 e. The van der Waals surface area contributed by atoms with Crippen LogP contribution in [0.3, 0.4) is 0 Å². The number of hydrogen-bond acceptors (Lipinski definition) is 2. The third-order valence-corrected chi connectivity index (χ3v) is 3.72. The number of carbonyl (C=O) groups excluding carboxylic acids is 1. The molecule has 1 aromatic heterocycles. The molecular formula is C16H18N2O2. The van der Waals surface area contributed by atoms with E-state index in [0.29, 0.717) is 13.0 Å². The fraction of sp³-hybridized carbons (Fsp3) is 0.375. The van der Waals surface area contributed by atoms with Gasteiger partial charge in [-0.25, -0.2) is 0 Å². The first-order valence-electron chi connectivity index (χ1n) is 7.04. The molecule has 0 atom stereocenters. The van der Waals surface area contributed by atoms with Crippen molar-refractivity contribution in [3.8, 4) is 0 Å². The lowest BCUT2D eigenvalue weighted by atomic mass is 10.1. The van der Waals surface area contributed by atoms with Crippen LogP contribution in [0, 0.1) is 12.8 Å². The maximum Gasteiger partial charge on any atom is 0.251 e. The zero-order valence-electron chi connectivity index (χ0n) is 11.5. The van der Waals surface area contributed by atoms with Crippen LogP contribution in [0.15, 0.2) is 29.1 Å². The minimum Gasteiger partial charge on any atom is -0.356 e. The number of hydrogen-bond donors (Lipinski definition) is 2. The SMILES string of the molecule is Cc1ccc2cc(CCNC(=O)C3CC3)c(=O)[nH]c2c1. The van der Waals surface area contributed by atoms with Gasteiger partial charge in [-0.3, -0.25) is 9.59 Å². The Balaban J connectivity index is 1.73. The second-order valence-corrected chi connectivity index (χ2v) is 5.53. The standard InChI is InChI=1S/C16H18N2O2/c1-10-2-3-12-9-13(16(20)18-14(12)8-10)6-7-17-15(19)11-4-5-11/h2-3,8-9,11H,4-7H2,1H3,(H,17,19)(H,18,20).